The summed E-state index contributed by atoms with van der Waals surface area (Å²) in [6.45, 7) is 2.52. The predicted molar refractivity (Wildman–Crippen MR) is 129 cm³/mol. The van der Waals surface area contributed by atoms with Crippen molar-refractivity contribution in [2.24, 2.45) is 5.92 Å². The Hall–Kier alpha value is -2.97. The fourth-order valence-electron chi connectivity index (χ4n) is 4.50. The fraction of sp³-hybridized carbons (Fsp3) is 0.481. The molecule has 8 heteroatoms. The van der Waals surface area contributed by atoms with Crippen LogP contribution < -0.4 is 10.1 Å². The van der Waals surface area contributed by atoms with Gasteiger partial charge < -0.3 is 24.4 Å². The smallest absolute Gasteiger partial charge is 0.251 e. The second kappa shape index (κ2) is 12.1. The van der Waals surface area contributed by atoms with Crippen LogP contribution in [0.3, 0.4) is 0 Å². The van der Waals surface area contributed by atoms with Crippen molar-refractivity contribution in [3.8, 4) is 5.75 Å². The second-order valence-electron chi connectivity index (χ2n) is 9.06. The Morgan fingerprint density at radius 3 is 2.51 bits per heavy atom. The van der Waals surface area contributed by atoms with Gasteiger partial charge in [-0.1, -0.05) is 12.1 Å². The Bertz CT molecular complexity index is 976. The van der Waals surface area contributed by atoms with E-state index in [0.29, 0.717) is 50.3 Å². The molecule has 188 valence electrons. The van der Waals surface area contributed by atoms with Gasteiger partial charge in [-0.25, -0.2) is 4.39 Å². The van der Waals surface area contributed by atoms with Crippen molar-refractivity contribution >= 4 is 11.8 Å². The second-order valence-corrected chi connectivity index (χ2v) is 9.06. The summed E-state index contributed by atoms with van der Waals surface area (Å²) < 4.78 is 29.6. The highest BCUT2D eigenvalue weighted by molar-refractivity contribution is 5.97. The highest BCUT2D eigenvalue weighted by Gasteiger charge is 2.37. The molecule has 7 nitrogen and oxygen atoms in total. The largest absolute Gasteiger partial charge is 0.497 e. The van der Waals surface area contributed by atoms with Crippen LogP contribution >= 0.6 is 0 Å². The maximum absolute atomic E-state index is 13.2. The third kappa shape index (κ3) is 7.02. The Morgan fingerprint density at radius 2 is 1.83 bits per heavy atom. The summed E-state index contributed by atoms with van der Waals surface area (Å²) in [6, 6.07) is 12.7. The topological polar surface area (TPSA) is 77.1 Å². The predicted octanol–water partition coefficient (Wildman–Crippen LogP) is 3.39. The molecule has 35 heavy (non-hydrogen) atoms. The van der Waals surface area contributed by atoms with Crippen molar-refractivity contribution in [1.82, 2.24) is 10.2 Å². The van der Waals surface area contributed by atoms with E-state index < -0.39 is 17.8 Å². The summed E-state index contributed by atoms with van der Waals surface area (Å²) >= 11 is 0. The van der Waals surface area contributed by atoms with Gasteiger partial charge in [-0.2, -0.15) is 0 Å². The maximum Gasteiger partial charge on any atom is 0.251 e. The van der Waals surface area contributed by atoms with Gasteiger partial charge in [0.25, 0.3) is 5.91 Å². The fourth-order valence-corrected chi connectivity index (χ4v) is 4.50. The summed E-state index contributed by atoms with van der Waals surface area (Å²) in [5, 5.41) is 2.77. The standard InChI is InChI=1S/C27H33FN2O5/c1-33-23-10-6-19(7-11-23)24-17-21(24)3-2-14-35-18-25(27(32)30-12-15-34-16-13-30)29-26(31)20-4-8-22(28)9-5-20/h4-11,21,24-25H,2-3,12-18H2,1H3,(H,29,31)/t21?,24-,25-/m0/s1. The zero-order valence-corrected chi connectivity index (χ0v) is 20.1. The van der Waals surface area contributed by atoms with Gasteiger partial charge in [0.15, 0.2) is 0 Å². The van der Waals surface area contributed by atoms with Gasteiger partial charge in [0, 0.05) is 25.3 Å². The minimum Gasteiger partial charge on any atom is -0.497 e. The molecule has 4 rings (SSSR count). The van der Waals surface area contributed by atoms with Crippen LogP contribution in [0, 0.1) is 11.7 Å². The van der Waals surface area contributed by atoms with Crippen molar-refractivity contribution in [3.63, 3.8) is 0 Å². The van der Waals surface area contributed by atoms with E-state index in [1.165, 1.54) is 36.2 Å². The van der Waals surface area contributed by atoms with Gasteiger partial charge >= 0.3 is 0 Å². The SMILES string of the molecule is COc1ccc([C@@H]2CC2CCCOC[C@H](NC(=O)c2ccc(F)cc2)C(=O)N2CCOCC2)cc1. The number of amides is 2. The average molecular weight is 485 g/mol. The van der Waals surface area contributed by atoms with Crippen LogP contribution in [0.1, 0.15) is 41.1 Å². The molecule has 0 aromatic heterocycles. The minimum absolute atomic E-state index is 0.0930. The third-order valence-corrected chi connectivity index (χ3v) is 6.65. The number of methoxy groups -OCH3 is 1. The van der Waals surface area contributed by atoms with Gasteiger partial charge in [0.1, 0.15) is 17.6 Å². The van der Waals surface area contributed by atoms with E-state index >= 15 is 0 Å². The number of ether oxygens (including phenoxy) is 3. The third-order valence-electron chi connectivity index (χ3n) is 6.65. The number of benzene rings is 2. The molecule has 1 saturated heterocycles. The van der Waals surface area contributed by atoms with E-state index in [1.54, 1.807) is 12.0 Å². The van der Waals surface area contributed by atoms with E-state index in [-0.39, 0.29) is 12.5 Å². The molecule has 1 aliphatic carbocycles. The number of nitrogens with zero attached hydrogens (tertiary/aromatic N) is 1. The molecule has 2 aliphatic rings. The molecule has 0 bridgehead atoms. The number of morpholine rings is 1. The zero-order valence-electron chi connectivity index (χ0n) is 20.1. The van der Waals surface area contributed by atoms with E-state index in [1.807, 2.05) is 12.1 Å². The van der Waals surface area contributed by atoms with Crippen LogP contribution in [0.25, 0.3) is 0 Å². The molecule has 2 amide bonds. The van der Waals surface area contributed by atoms with Gasteiger partial charge in [-0.05, 0) is 73.1 Å². The normalized spacial score (nSPS) is 20.2. The number of rotatable bonds is 11. The molecule has 0 spiro atoms. The Balaban J connectivity index is 1.24. The van der Waals surface area contributed by atoms with Gasteiger partial charge in [0.2, 0.25) is 5.91 Å². The average Bonchev–Trinajstić information content (AvgIpc) is 3.68. The van der Waals surface area contributed by atoms with Crippen molar-refractivity contribution in [2.75, 3.05) is 46.6 Å². The van der Waals surface area contributed by atoms with Gasteiger partial charge in [0.05, 0.1) is 26.9 Å². The van der Waals surface area contributed by atoms with Crippen LogP contribution in [0.15, 0.2) is 48.5 Å². The number of hydrogen-bond acceptors (Lipinski definition) is 5. The number of carbonyl (C=O) groups is 2. The van der Waals surface area contributed by atoms with E-state index in [0.717, 1.165) is 18.6 Å². The first kappa shape index (κ1) is 25.1. The first-order valence-corrected chi connectivity index (χ1v) is 12.2. The number of carbonyl (C=O) groups excluding carboxylic acids is 2. The summed E-state index contributed by atoms with van der Waals surface area (Å²) in [4.78, 5) is 27.4. The lowest BCUT2D eigenvalue weighted by Gasteiger charge is -2.30. The number of nitrogens with one attached hydrogen (secondary N) is 1. The maximum atomic E-state index is 13.2. The van der Waals surface area contributed by atoms with Crippen LogP contribution in [0.2, 0.25) is 0 Å². The highest BCUT2D eigenvalue weighted by Crippen LogP contribution is 2.50. The minimum atomic E-state index is -0.807. The molecule has 1 aliphatic heterocycles. The Labute approximate surface area is 205 Å². The molecule has 3 atom stereocenters. The number of hydrogen-bond donors (Lipinski definition) is 1. The lowest BCUT2D eigenvalue weighted by Crippen LogP contribution is -2.53. The van der Waals surface area contributed by atoms with Crippen molar-refractivity contribution in [2.45, 2.75) is 31.2 Å². The van der Waals surface area contributed by atoms with Crippen LogP contribution in [0.5, 0.6) is 5.75 Å². The molecule has 1 saturated carbocycles. The quantitative estimate of drug-likeness (QED) is 0.495. The van der Waals surface area contributed by atoms with Crippen molar-refractivity contribution in [1.29, 1.82) is 0 Å². The molecule has 2 fully saturated rings. The van der Waals surface area contributed by atoms with Crippen molar-refractivity contribution in [3.05, 3.63) is 65.5 Å². The lowest BCUT2D eigenvalue weighted by atomic mass is 10.1. The molecule has 2 aromatic carbocycles. The van der Waals surface area contributed by atoms with Crippen LogP contribution in [-0.4, -0.2) is 69.4 Å². The lowest BCUT2D eigenvalue weighted by molar-refractivity contribution is -0.138. The van der Waals surface area contributed by atoms with Crippen LogP contribution in [-0.2, 0) is 14.3 Å². The van der Waals surface area contributed by atoms with Crippen molar-refractivity contribution < 1.29 is 28.2 Å². The van der Waals surface area contributed by atoms with Gasteiger partial charge in [-0.3, -0.25) is 9.59 Å². The molecule has 1 heterocycles. The number of halogens is 1. The first-order chi connectivity index (χ1) is 17.0. The first-order valence-electron chi connectivity index (χ1n) is 12.2. The van der Waals surface area contributed by atoms with E-state index in [2.05, 4.69) is 17.4 Å². The summed E-state index contributed by atoms with van der Waals surface area (Å²) in [5.74, 6) is 1.07. The van der Waals surface area contributed by atoms with Gasteiger partial charge in [-0.15, -0.1) is 0 Å². The molecule has 0 radical (unpaired) electrons. The Kier molecular flexibility index (Phi) is 8.71. The zero-order chi connectivity index (χ0) is 24.6. The summed E-state index contributed by atoms with van der Waals surface area (Å²) in [5.41, 5.74) is 1.64. The molecule has 1 unspecified atom stereocenters. The summed E-state index contributed by atoms with van der Waals surface area (Å²) in [6.07, 6.45) is 3.13. The monoisotopic (exact) mass is 484 g/mol. The van der Waals surface area contributed by atoms with Crippen LogP contribution in [0.4, 0.5) is 4.39 Å². The molecular formula is C27H33FN2O5. The van der Waals surface area contributed by atoms with E-state index in [4.69, 9.17) is 14.2 Å². The van der Waals surface area contributed by atoms with E-state index in [9.17, 15) is 14.0 Å². The molecular weight excluding hydrogens is 451 g/mol. The summed E-state index contributed by atoms with van der Waals surface area (Å²) in [7, 11) is 1.67. The molecule has 2 aromatic rings. The highest BCUT2D eigenvalue weighted by atomic mass is 19.1. The Morgan fingerprint density at radius 1 is 1.11 bits per heavy atom. The molecule has 1 N–H and O–H groups in total.